The van der Waals surface area contributed by atoms with Crippen molar-refractivity contribution in [1.82, 2.24) is 4.98 Å². The van der Waals surface area contributed by atoms with Gasteiger partial charge in [0.05, 0.1) is 23.9 Å². The van der Waals surface area contributed by atoms with E-state index in [1.165, 1.54) is 30.3 Å². The molecule has 0 bridgehead atoms. The largest absolute Gasteiger partial charge is 0.392 e. The molecule has 0 atom stereocenters. The van der Waals surface area contributed by atoms with Crippen molar-refractivity contribution in [3.8, 4) is 17.3 Å². The van der Waals surface area contributed by atoms with Crippen LogP contribution in [0.2, 0.25) is 0 Å². The van der Waals surface area contributed by atoms with Gasteiger partial charge in [-0.1, -0.05) is 12.1 Å². The third-order valence-electron chi connectivity index (χ3n) is 3.85. The molecule has 0 unspecified atom stereocenters. The van der Waals surface area contributed by atoms with Crippen LogP contribution in [0.1, 0.15) is 11.1 Å². The first kappa shape index (κ1) is 18.6. The minimum atomic E-state index is -4.15. The summed E-state index contributed by atoms with van der Waals surface area (Å²) in [6, 6.07) is 10.7. The summed E-state index contributed by atoms with van der Waals surface area (Å²) in [6.45, 7) is -0.495. The minimum Gasteiger partial charge on any atom is -0.392 e. The standard InChI is InChI=1S/C18H13F2N3O3S/c19-15-6-11(8-21)4-5-16(15)23-27(25,26)13-7-17(22-9-13)14-3-1-2-12(10-24)18(14)20/h1-7,9,22-24H,10H2. The van der Waals surface area contributed by atoms with Crippen LogP contribution >= 0.6 is 0 Å². The molecule has 1 heterocycles. The van der Waals surface area contributed by atoms with E-state index in [2.05, 4.69) is 9.71 Å². The number of aliphatic hydroxyl groups excluding tert-OH is 1. The van der Waals surface area contributed by atoms with Crippen molar-refractivity contribution in [1.29, 1.82) is 5.26 Å². The van der Waals surface area contributed by atoms with Crippen LogP contribution in [0, 0.1) is 23.0 Å². The number of hydrogen-bond donors (Lipinski definition) is 3. The van der Waals surface area contributed by atoms with E-state index in [1.54, 1.807) is 6.07 Å². The van der Waals surface area contributed by atoms with Crippen LogP contribution in [-0.2, 0) is 16.6 Å². The fourth-order valence-electron chi connectivity index (χ4n) is 2.47. The van der Waals surface area contributed by atoms with Gasteiger partial charge in [-0.25, -0.2) is 17.2 Å². The van der Waals surface area contributed by atoms with Gasteiger partial charge in [0, 0.05) is 23.0 Å². The molecule has 0 amide bonds. The van der Waals surface area contributed by atoms with Crippen LogP contribution in [0.3, 0.4) is 0 Å². The minimum absolute atomic E-state index is 0.0543. The highest BCUT2D eigenvalue weighted by atomic mass is 32.2. The maximum absolute atomic E-state index is 14.3. The van der Waals surface area contributed by atoms with Crippen LogP contribution < -0.4 is 4.72 Å². The highest BCUT2D eigenvalue weighted by Crippen LogP contribution is 2.27. The highest BCUT2D eigenvalue weighted by Gasteiger charge is 2.20. The number of halogens is 2. The molecule has 0 spiro atoms. The number of aromatic amines is 1. The molecule has 0 saturated heterocycles. The van der Waals surface area contributed by atoms with Gasteiger partial charge in [0.25, 0.3) is 10.0 Å². The lowest BCUT2D eigenvalue weighted by Crippen LogP contribution is -2.13. The lowest BCUT2D eigenvalue weighted by Gasteiger charge is -2.07. The second-order valence-electron chi connectivity index (χ2n) is 5.60. The van der Waals surface area contributed by atoms with Gasteiger partial charge in [0.1, 0.15) is 16.5 Å². The molecule has 27 heavy (non-hydrogen) atoms. The molecule has 3 rings (SSSR count). The fourth-order valence-corrected chi connectivity index (χ4v) is 3.53. The predicted octanol–water partition coefficient (Wildman–Crippen LogP) is 3.12. The number of benzene rings is 2. The zero-order chi connectivity index (χ0) is 19.6. The Balaban J connectivity index is 1.93. The number of aromatic nitrogens is 1. The molecular formula is C18H13F2N3O3S. The van der Waals surface area contributed by atoms with Crippen LogP contribution in [-0.4, -0.2) is 18.5 Å². The Bertz CT molecular complexity index is 1150. The maximum atomic E-state index is 14.3. The molecule has 2 aromatic carbocycles. The van der Waals surface area contributed by atoms with E-state index in [4.69, 9.17) is 10.4 Å². The van der Waals surface area contributed by atoms with Gasteiger partial charge < -0.3 is 10.1 Å². The van der Waals surface area contributed by atoms with E-state index in [0.29, 0.717) is 0 Å². The average molecular weight is 389 g/mol. The number of aliphatic hydroxyl groups is 1. The topological polar surface area (TPSA) is 106 Å². The Kier molecular flexibility index (Phi) is 4.94. The monoisotopic (exact) mass is 389 g/mol. The number of anilines is 1. The van der Waals surface area contributed by atoms with Crippen molar-refractivity contribution in [3.63, 3.8) is 0 Å². The zero-order valence-corrected chi connectivity index (χ0v) is 14.5. The third kappa shape index (κ3) is 3.67. The summed E-state index contributed by atoms with van der Waals surface area (Å²) < 4.78 is 55.3. The van der Waals surface area contributed by atoms with Crippen molar-refractivity contribution < 1.29 is 22.3 Å². The van der Waals surface area contributed by atoms with Gasteiger partial charge in [0.15, 0.2) is 0 Å². The number of nitriles is 1. The smallest absolute Gasteiger partial charge is 0.263 e. The number of rotatable bonds is 5. The molecule has 1 aromatic heterocycles. The van der Waals surface area contributed by atoms with E-state index >= 15 is 0 Å². The van der Waals surface area contributed by atoms with Gasteiger partial charge in [-0.05, 0) is 30.3 Å². The molecule has 9 heteroatoms. The Morgan fingerprint density at radius 1 is 1.19 bits per heavy atom. The molecule has 0 radical (unpaired) electrons. The summed E-state index contributed by atoms with van der Waals surface area (Å²) in [5, 5.41) is 17.9. The Morgan fingerprint density at radius 3 is 2.63 bits per heavy atom. The molecule has 0 aliphatic carbocycles. The van der Waals surface area contributed by atoms with E-state index in [9.17, 15) is 17.2 Å². The molecular weight excluding hydrogens is 376 g/mol. The second-order valence-corrected chi connectivity index (χ2v) is 7.28. The zero-order valence-electron chi connectivity index (χ0n) is 13.7. The molecule has 6 nitrogen and oxygen atoms in total. The highest BCUT2D eigenvalue weighted by molar-refractivity contribution is 7.92. The number of sulfonamides is 1. The first-order valence-corrected chi connectivity index (χ1v) is 9.13. The number of nitrogens with zero attached hydrogens (tertiary/aromatic N) is 1. The lowest BCUT2D eigenvalue weighted by molar-refractivity contribution is 0.276. The summed E-state index contributed by atoms with van der Waals surface area (Å²) in [7, 11) is -4.15. The van der Waals surface area contributed by atoms with Gasteiger partial charge in [-0.2, -0.15) is 5.26 Å². The summed E-state index contributed by atoms with van der Waals surface area (Å²) in [4.78, 5) is 2.43. The first-order valence-electron chi connectivity index (χ1n) is 7.65. The fraction of sp³-hybridized carbons (Fsp3) is 0.0556. The Hall–Kier alpha value is -3.22. The maximum Gasteiger partial charge on any atom is 0.263 e. The van der Waals surface area contributed by atoms with Crippen LogP contribution in [0.25, 0.3) is 11.3 Å². The molecule has 0 saturated carbocycles. The van der Waals surface area contributed by atoms with Gasteiger partial charge in [-0.3, -0.25) is 4.72 Å². The number of nitrogens with one attached hydrogen (secondary N) is 2. The molecule has 0 aliphatic heterocycles. The second kappa shape index (κ2) is 7.19. The summed E-state index contributed by atoms with van der Waals surface area (Å²) in [6.07, 6.45) is 1.14. The van der Waals surface area contributed by atoms with E-state index < -0.39 is 28.3 Å². The molecule has 3 N–H and O–H groups in total. The molecule has 3 aromatic rings. The number of hydrogen-bond acceptors (Lipinski definition) is 4. The van der Waals surface area contributed by atoms with Gasteiger partial charge in [0.2, 0.25) is 0 Å². The quantitative estimate of drug-likeness (QED) is 0.623. The molecule has 0 aliphatic rings. The average Bonchev–Trinajstić information content (AvgIpc) is 3.14. The number of H-pyrrole nitrogens is 1. The van der Waals surface area contributed by atoms with Crippen molar-refractivity contribution in [2.45, 2.75) is 11.5 Å². The van der Waals surface area contributed by atoms with Crippen molar-refractivity contribution in [2.24, 2.45) is 0 Å². The normalized spacial score (nSPS) is 11.2. The van der Waals surface area contributed by atoms with E-state index in [-0.39, 0.29) is 33.0 Å². The van der Waals surface area contributed by atoms with Crippen LogP contribution in [0.5, 0.6) is 0 Å². The lowest BCUT2D eigenvalue weighted by atomic mass is 10.1. The van der Waals surface area contributed by atoms with Crippen LogP contribution in [0.4, 0.5) is 14.5 Å². The van der Waals surface area contributed by atoms with Crippen LogP contribution in [0.15, 0.2) is 53.6 Å². The summed E-state index contributed by atoms with van der Waals surface area (Å²) in [5.41, 5.74) is 0.0872. The summed E-state index contributed by atoms with van der Waals surface area (Å²) >= 11 is 0. The third-order valence-corrected chi connectivity index (χ3v) is 5.19. The summed E-state index contributed by atoms with van der Waals surface area (Å²) in [5.74, 6) is -1.56. The Labute approximate surface area is 153 Å². The Morgan fingerprint density at radius 2 is 1.96 bits per heavy atom. The van der Waals surface area contributed by atoms with Gasteiger partial charge in [-0.15, -0.1) is 0 Å². The molecule has 138 valence electrons. The predicted molar refractivity (Wildman–Crippen MR) is 94.0 cm³/mol. The first-order chi connectivity index (χ1) is 12.9. The van der Waals surface area contributed by atoms with E-state index in [0.717, 1.165) is 18.3 Å². The molecule has 0 fully saturated rings. The van der Waals surface area contributed by atoms with Crippen molar-refractivity contribution >= 4 is 15.7 Å². The van der Waals surface area contributed by atoms with Gasteiger partial charge >= 0.3 is 0 Å². The van der Waals surface area contributed by atoms with Crippen molar-refractivity contribution in [2.75, 3.05) is 4.72 Å². The SMILES string of the molecule is N#Cc1ccc(NS(=O)(=O)c2c[nH]c(-c3cccc(CO)c3F)c2)c(F)c1. The van der Waals surface area contributed by atoms with Crippen molar-refractivity contribution in [3.05, 3.63) is 71.4 Å². The van der Waals surface area contributed by atoms with E-state index in [1.807, 2.05) is 0 Å².